The Labute approximate surface area is 87.6 Å². The molecule has 0 aliphatic carbocycles. The maximum atomic E-state index is 11.5. The van der Waals surface area contributed by atoms with Gasteiger partial charge in [0.15, 0.2) is 5.75 Å². The monoisotopic (exact) mass is 203 g/mol. The molecule has 0 amide bonds. The molecule has 0 saturated heterocycles. The van der Waals surface area contributed by atoms with Gasteiger partial charge in [-0.1, -0.05) is 48.0 Å². The van der Waals surface area contributed by atoms with Crippen molar-refractivity contribution < 1.29 is 5.11 Å². The number of hydrogen-bond donors (Lipinski definition) is 0. The van der Waals surface area contributed by atoms with Crippen molar-refractivity contribution >= 4 is 11.6 Å². The first-order valence-corrected chi connectivity index (χ1v) is 4.68. The highest BCUT2D eigenvalue weighted by atomic mass is 35.5. The van der Waals surface area contributed by atoms with Crippen molar-refractivity contribution in [3.8, 4) is 16.9 Å². The lowest BCUT2D eigenvalue weighted by molar-refractivity contribution is 0.356. The zero-order chi connectivity index (χ0) is 9.97. The molecule has 0 fully saturated rings. The Morgan fingerprint density at radius 3 is 2.00 bits per heavy atom. The molecule has 69 valence electrons. The van der Waals surface area contributed by atoms with Gasteiger partial charge >= 0.3 is 0 Å². The van der Waals surface area contributed by atoms with Crippen LogP contribution in [0.3, 0.4) is 0 Å². The molecule has 14 heavy (non-hydrogen) atoms. The molecule has 0 N–H and O–H groups in total. The van der Waals surface area contributed by atoms with E-state index in [2.05, 4.69) is 0 Å². The molecule has 0 heterocycles. The first-order chi connectivity index (χ1) is 6.79. The molecule has 0 saturated carbocycles. The Morgan fingerprint density at radius 2 is 1.36 bits per heavy atom. The van der Waals surface area contributed by atoms with Gasteiger partial charge in [-0.15, -0.1) is 0 Å². The van der Waals surface area contributed by atoms with E-state index in [1.54, 1.807) is 24.3 Å². The summed E-state index contributed by atoms with van der Waals surface area (Å²) in [6.45, 7) is 0. The van der Waals surface area contributed by atoms with E-state index in [4.69, 9.17) is 11.6 Å². The van der Waals surface area contributed by atoms with Crippen LogP contribution in [-0.4, -0.2) is 0 Å². The van der Waals surface area contributed by atoms with E-state index in [1.165, 1.54) is 0 Å². The number of rotatable bonds is 1. The van der Waals surface area contributed by atoms with E-state index in [-0.39, 0.29) is 5.75 Å². The summed E-state index contributed by atoms with van der Waals surface area (Å²) in [6.07, 6.45) is 0. The van der Waals surface area contributed by atoms with Crippen LogP contribution in [0.5, 0.6) is 5.75 Å². The number of para-hydroxylation sites is 1. The van der Waals surface area contributed by atoms with Crippen LogP contribution in [0.25, 0.3) is 11.1 Å². The van der Waals surface area contributed by atoms with Crippen LogP contribution >= 0.6 is 11.6 Å². The van der Waals surface area contributed by atoms with Gasteiger partial charge in [0.1, 0.15) is 0 Å². The maximum absolute atomic E-state index is 11.5. The van der Waals surface area contributed by atoms with E-state index in [9.17, 15) is 5.11 Å². The maximum Gasteiger partial charge on any atom is 0.186 e. The zero-order valence-corrected chi connectivity index (χ0v) is 8.16. The summed E-state index contributed by atoms with van der Waals surface area (Å²) in [5.74, 6) is 0.000556. The second-order valence-electron chi connectivity index (χ2n) is 2.98. The summed E-state index contributed by atoms with van der Waals surface area (Å²) in [5.41, 5.74) is 1.44. The van der Waals surface area contributed by atoms with Crippen LogP contribution in [0.1, 0.15) is 0 Å². The van der Waals surface area contributed by atoms with Gasteiger partial charge in [-0.25, -0.2) is 0 Å². The first-order valence-electron chi connectivity index (χ1n) is 4.30. The minimum Gasteiger partial charge on any atom is -0.289 e. The minimum absolute atomic E-state index is 0.000556. The SMILES string of the molecule is [O]c1ccccc1-c1ccccc1Cl. The lowest BCUT2D eigenvalue weighted by atomic mass is 10.1. The number of benzene rings is 2. The van der Waals surface area contributed by atoms with Crippen LogP contribution in [-0.2, 0) is 5.11 Å². The Morgan fingerprint density at radius 1 is 0.786 bits per heavy atom. The highest BCUT2D eigenvalue weighted by molar-refractivity contribution is 6.33. The molecular formula is C12H8ClO. The molecular weight excluding hydrogens is 196 g/mol. The highest BCUT2D eigenvalue weighted by Gasteiger charge is 2.07. The highest BCUT2D eigenvalue weighted by Crippen LogP contribution is 2.33. The van der Waals surface area contributed by atoms with Crippen molar-refractivity contribution in [3.05, 3.63) is 53.6 Å². The predicted molar refractivity (Wildman–Crippen MR) is 57.0 cm³/mol. The molecule has 2 heteroatoms. The van der Waals surface area contributed by atoms with Crippen molar-refractivity contribution in [1.82, 2.24) is 0 Å². The zero-order valence-electron chi connectivity index (χ0n) is 7.41. The molecule has 1 nitrogen and oxygen atoms in total. The van der Waals surface area contributed by atoms with Gasteiger partial charge < -0.3 is 0 Å². The standard InChI is InChI=1S/C12H8ClO/c13-11-7-3-1-5-9(11)10-6-2-4-8-12(10)14/h1-8H. The fourth-order valence-electron chi connectivity index (χ4n) is 1.37. The Hall–Kier alpha value is -1.47. The van der Waals surface area contributed by atoms with Gasteiger partial charge in [0.25, 0.3) is 0 Å². The lowest BCUT2D eigenvalue weighted by Crippen LogP contribution is -1.78. The molecule has 0 spiro atoms. The van der Waals surface area contributed by atoms with E-state index < -0.39 is 0 Å². The molecule has 0 aromatic heterocycles. The van der Waals surface area contributed by atoms with Crippen LogP contribution in [0.15, 0.2) is 48.5 Å². The minimum atomic E-state index is 0.000556. The summed E-state index contributed by atoms with van der Waals surface area (Å²) in [7, 11) is 0. The van der Waals surface area contributed by atoms with E-state index in [0.717, 1.165) is 5.56 Å². The summed E-state index contributed by atoms with van der Waals surface area (Å²) in [6, 6.07) is 14.2. The molecule has 2 aromatic carbocycles. The van der Waals surface area contributed by atoms with Crippen molar-refractivity contribution in [1.29, 1.82) is 0 Å². The predicted octanol–water partition coefficient (Wildman–Crippen LogP) is 4.15. The van der Waals surface area contributed by atoms with Crippen molar-refractivity contribution in [2.75, 3.05) is 0 Å². The van der Waals surface area contributed by atoms with Crippen LogP contribution in [0.4, 0.5) is 0 Å². The van der Waals surface area contributed by atoms with Crippen molar-refractivity contribution in [2.45, 2.75) is 0 Å². The van der Waals surface area contributed by atoms with E-state index in [0.29, 0.717) is 10.6 Å². The third kappa shape index (κ3) is 1.59. The molecule has 0 aliphatic heterocycles. The van der Waals surface area contributed by atoms with Crippen molar-refractivity contribution in [3.63, 3.8) is 0 Å². The molecule has 0 unspecified atom stereocenters. The van der Waals surface area contributed by atoms with Gasteiger partial charge in [-0.05, 0) is 12.1 Å². The fourth-order valence-corrected chi connectivity index (χ4v) is 1.61. The summed E-state index contributed by atoms with van der Waals surface area (Å²) in [5, 5.41) is 12.1. The summed E-state index contributed by atoms with van der Waals surface area (Å²) in [4.78, 5) is 0. The summed E-state index contributed by atoms with van der Waals surface area (Å²) >= 11 is 5.99. The van der Waals surface area contributed by atoms with Crippen LogP contribution < -0.4 is 0 Å². The number of halogens is 1. The van der Waals surface area contributed by atoms with Gasteiger partial charge in [-0.3, -0.25) is 5.11 Å². The average Bonchev–Trinajstić information content (AvgIpc) is 2.20. The van der Waals surface area contributed by atoms with Gasteiger partial charge in [0.05, 0.1) is 0 Å². The largest absolute Gasteiger partial charge is 0.289 e. The molecule has 0 bridgehead atoms. The van der Waals surface area contributed by atoms with Crippen LogP contribution in [0.2, 0.25) is 5.02 Å². The molecule has 0 aliphatic rings. The topological polar surface area (TPSA) is 19.9 Å². The Balaban J connectivity index is 2.61. The smallest absolute Gasteiger partial charge is 0.186 e. The second-order valence-corrected chi connectivity index (χ2v) is 3.38. The fraction of sp³-hybridized carbons (Fsp3) is 0. The third-order valence-electron chi connectivity index (χ3n) is 2.05. The molecule has 0 atom stereocenters. The number of hydrogen-bond acceptors (Lipinski definition) is 0. The third-order valence-corrected chi connectivity index (χ3v) is 2.38. The molecule has 2 aromatic rings. The van der Waals surface area contributed by atoms with Crippen LogP contribution in [0, 0.1) is 0 Å². The Bertz CT molecular complexity index is 408. The molecule has 2 rings (SSSR count). The Kier molecular flexibility index (Phi) is 2.42. The normalized spacial score (nSPS) is 10.1. The quantitative estimate of drug-likeness (QED) is 0.664. The van der Waals surface area contributed by atoms with Crippen molar-refractivity contribution in [2.24, 2.45) is 0 Å². The lowest BCUT2D eigenvalue weighted by Gasteiger charge is -2.03. The van der Waals surface area contributed by atoms with Gasteiger partial charge in [-0.2, -0.15) is 0 Å². The summed E-state index contributed by atoms with van der Waals surface area (Å²) < 4.78 is 0. The molecule has 1 radical (unpaired) electrons. The average molecular weight is 204 g/mol. The van der Waals surface area contributed by atoms with Gasteiger partial charge in [0, 0.05) is 16.1 Å². The first kappa shape index (κ1) is 9.10. The van der Waals surface area contributed by atoms with E-state index in [1.807, 2.05) is 24.3 Å². The second kappa shape index (κ2) is 3.72. The van der Waals surface area contributed by atoms with E-state index >= 15 is 0 Å². The van der Waals surface area contributed by atoms with Gasteiger partial charge in [0.2, 0.25) is 0 Å².